The fraction of sp³-hybridized carbons (Fsp3) is 0.333. The van der Waals surface area contributed by atoms with Crippen molar-refractivity contribution in [3.8, 4) is 0 Å². The van der Waals surface area contributed by atoms with E-state index in [1.807, 2.05) is 6.07 Å². The van der Waals surface area contributed by atoms with Crippen LogP contribution in [0, 0.1) is 0 Å². The molecule has 1 unspecified atom stereocenters. The van der Waals surface area contributed by atoms with E-state index in [1.54, 1.807) is 0 Å². The molecule has 0 amide bonds. The lowest BCUT2D eigenvalue weighted by molar-refractivity contribution is 0.579. The summed E-state index contributed by atoms with van der Waals surface area (Å²) in [6.45, 7) is 1.05. The maximum atomic E-state index is 3.54. The number of rotatable bonds is 1. The third-order valence-electron chi connectivity index (χ3n) is 2.11. The van der Waals surface area contributed by atoms with Crippen LogP contribution in [0.25, 0.3) is 0 Å². The fourth-order valence-corrected chi connectivity index (χ4v) is 2.04. The molecular weight excluding hydrogens is 216 g/mol. The summed E-state index contributed by atoms with van der Waals surface area (Å²) in [7, 11) is 0. The van der Waals surface area contributed by atoms with E-state index in [9.17, 15) is 0 Å². The molecule has 2 N–H and O–H groups in total. The van der Waals surface area contributed by atoms with Crippen molar-refractivity contribution in [1.29, 1.82) is 0 Å². The summed E-state index contributed by atoms with van der Waals surface area (Å²) in [5.74, 6) is 0. The van der Waals surface area contributed by atoms with Gasteiger partial charge in [-0.05, 0) is 18.1 Å². The van der Waals surface area contributed by atoms with Crippen LogP contribution in [0.4, 0.5) is 0 Å². The first kappa shape index (κ1) is 8.23. The molecule has 2 rings (SSSR count). The molecule has 0 bridgehead atoms. The lowest BCUT2D eigenvalue weighted by Crippen LogP contribution is -2.24. The number of hydrazine groups is 1. The fourth-order valence-electron chi connectivity index (χ4n) is 1.47. The smallest absolute Gasteiger partial charge is 0.0486 e. The van der Waals surface area contributed by atoms with Crippen LogP contribution in [0.3, 0.4) is 0 Å². The summed E-state index contributed by atoms with van der Waals surface area (Å²) >= 11 is 3.54. The van der Waals surface area contributed by atoms with Crippen LogP contribution in [0.2, 0.25) is 0 Å². The van der Waals surface area contributed by atoms with E-state index in [0.717, 1.165) is 13.0 Å². The van der Waals surface area contributed by atoms with Crippen molar-refractivity contribution in [3.63, 3.8) is 0 Å². The Balaban J connectivity index is 2.26. The van der Waals surface area contributed by atoms with Crippen LogP contribution in [0.1, 0.15) is 18.0 Å². The predicted octanol–water partition coefficient (Wildman–Crippen LogP) is 1.99. The Morgan fingerprint density at radius 2 is 2.17 bits per heavy atom. The van der Waals surface area contributed by atoms with Gasteiger partial charge in [0, 0.05) is 17.1 Å². The third kappa shape index (κ3) is 1.53. The standard InChI is InChI=1S/C9H11BrN2/c10-8-4-2-1-3-7(8)9-5-6-11-12-9/h1-4,9,11-12H,5-6H2. The van der Waals surface area contributed by atoms with Crippen LogP contribution in [-0.4, -0.2) is 6.54 Å². The molecule has 0 radical (unpaired) electrons. The molecule has 1 aliphatic heterocycles. The summed E-state index contributed by atoms with van der Waals surface area (Å²) in [5.41, 5.74) is 7.70. The molecule has 3 heteroatoms. The largest absolute Gasteiger partial charge is 0.257 e. The van der Waals surface area contributed by atoms with Crippen molar-refractivity contribution in [1.82, 2.24) is 10.9 Å². The molecule has 1 atom stereocenters. The van der Waals surface area contributed by atoms with E-state index in [-0.39, 0.29) is 0 Å². The van der Waals surface area contributed by atoms with Crippen molar-refractivity contribution >= 4 is 15.9 Å². The molecule has 1 fully saturated rings. The van der Waals surface area contributed by atoms with Crippen molar-refractivity contribution in [3.05, 3.63) is 34.3 Å². The Morgan fingerprint density at radius 1 is 1.33 bits per heavy atom. The summed E-state index contributed by atoms with van der Waals surface area (Å²) < 4.78 is 1.19. The van der Waals surface area contributed by atoms with Gasteiger partial charge in [-0.15, -0.1) is 0 Å². The lowest BCUT2D eigenvalue weighted by atomic mass is 10.1. The van der Waals surface area contributed by atoms with Crippen LogP contribution in [-0.2, 0) is 0 Å². The highest BCUT2D eigenvalue weighted by molar-refractivity contribution is 9.10. The van der Waals surface area contributed by atoms with Crippen LogP contribution >= 0.6 is 15.9 Å². The monoisotopic (exact) mass is 226 g/mol. The zero-order valence-electron chi connectivity index (χ0n) is 6.68. The Kier molecular flexibility index (Phi) is 2.44. The molecule has 1 heterocycles. The van der Waals surface area contributed by atoms with Crippen molar-refractivity contribution in [2.75, 3.05) is 6.54 Å². The van der Waals surface area contributed by atoms with Gasteiger partial charge in [0.2, 0.25) is 0 Å². The molecule has 1 aromatic carbocycles. The van der Waals surface area contributed by atoms with Gasteiger partial charge in [-0.1, -0.05) is 34.1 Å². The van der Waals surface area contributed by atoms with Gasteiger partial charge in [-0.25, -0.2) is 0 Å². The zero-order valence-corrected chi connectivity index (χ0v) is 8.26. The lowest BCUT2D eigenvalue weighted by Gasteiger charge is -2.11. The van der Waals surface area contributed by atoms with Gasteiger partial charge in [0.25, 0.3) is 0 Å². The first-order valence-electron chi connectivity index (χ1n) is 4.11. The second kappa shape index (κ2) is 3.56. The van der Waals surface area contributed by atoms with Gasteiger partial charge in [0.15, 0.2) is 0 Å². The molecule has 0 saturated carbocycles. The summed E-state index contributed by atoms with van der Waals surface area (Å²) in [6.07, 6.45) is 1.16. The first-order valence-corrected chi connectivity index (χ1v) is 4.90. The minimum atomic E-state index is 0.459. The molecule has 12 heavy (non-hydrogen) atoms. The van der Waals surface area contributed by atoms with Crippen molar-refractivity contribution < 1.29 is 0 Å². The van der Waals surface area contributed by atoms with E-state index in [2.05, 4.69) is 45.0 Å². The van der Waals surface area contributed by atoms with Crippen LogP contribution in [0.5, 0.6) is 0 Å². The first-order chi connectivity index (χ1) is 5.88. The zero-order chi connectivity index (χ0) is 8.39. The molecule has 0 spiro atoms. The molecule has 1 aliphatic rings. The second-order valence-corrected chi connectivity index (χ2v) is 3.79. The van der Waals surface area contributed by atoms with Gasteiger partial charge >= 0.3 is 0 Å². The molecule has 0 aliphatic carbocycles. The summed E-state index contributed by atoms with van der Waals surface area (Å²) in [6, 6.07) is 8.79. The van der Waals surface area contributed by atoms with Crippen LogP contribution in [0.15, 0.2) is 28.7 Å². The number of hydrogen-bond acceptors (Lipinski definition) is 2. The number of benzene rings is 1. The minimum absolute atomic E-state index is 0.459. The topological polar surface area (TPSA) is 24.1 Å². The average molecular weight is 227 g/mol. The van der Waals surface area contributed by atoms with E-state index in [4.69, 9.17) is 0 Å². The molecule has 64 valence electrons. The SMILES string of the molecule is Brc1ccccc1C1CCNN1. The number of halogens is 1. The Morgan fingerprint density at radius 3 is 2.83 bits per heavy atom. The molecule has 1 saturated heterocycles. The maximum Gasteiger partial charge on any atom is 0.0486 e. The van der Waals surface area contributed by atoms with E-state index >= 15 is 0 Å². The molecular formula is C9H11BrN2. The normalized spacial score (nSPS) is 22.9. The Hall–Kier alpha value is -0.380. The number of nitrogens with one attached hydrogen (secondary N) is 2. The van der Waals surface area contributed by atoms with E-state index < -0.39 is 0 Å². The average Bonchev–Trinajstić information content (AvgIpc) is 2.57. The van der Waals surface area contributed by atoms with Crippen molar-refractivity contribution in [2.24, 2.45) is 0 Å². The molecule has 0 aromatic heterocycles. The van der Waals surface area contributed by atoms with Crippen LogP contribution < -0.4 is 10.9 Å². The number of hydrogen-bond donors (Lipinski definition) is 2. The minimum Gasteiger partial charge on any atom is -0.257 e. The van der Waals surface area contributed by atoms with Gasteiger partial charge in [-0.3, -0.25) is 10.9 Å². The van der Waals surface area contributed by atoms with E-state index in [0.29, 0.717) is 6.04 Å². The highest BCUT2D eigenvalue weighted by Gasteiger charge is 2.17. The maximum absolute atomic E-state index is 3.54. The summed E-state index contributed by atoms with van der Waals surface area (Å²) in [4.78, 5) is 0. The third-order valence-corrected chi connectivity index (χ3v) is 2.84. The predicted molar refractivity (Wildman–Crippen MR) is 52.6 cm³/mol. The highest BCUT2D eigenvalue weighted by atomic mass is 79.9. The van der Waals surface area contributed by atoms with Gasteiger partial charge in [-0.2, -0.15) is 0 Å². The second-order valence-electron chi connectivity index (χ2n) is 2.93. The Labute approximate surface area is 80.5 Å². The Bertz CT molecular complexity index is 269. The van der Waals surface area contributed by atoms with Gasteiger partial charge < -0.3 is 0 Å². The highest BCUT2D eigenvalue weighted by Crippen LogP contribution is 2.26. The quantitative estimate of drug-likeness (QED) is 0.766. The summed E-state index contributed by atoms with van der Waals surface area (Å²) in [5, 5.41) is 0. The van der Waals surface area contributed by atoms with E-state index in [1.165, 1.54) is 10.0 Å². The molecule has 1 aromatic rings. The van der Waals surface area contributed by atoms with Gasteiger partial charge in [0.1, 0.15) is 0 Å². The molecule has 2 nitrogen and oxygen atoms in total. The van der Waals surface area contributed by atoms with Gasteiger partial charge in [0.05, 0.1) is 0 Å². The van der Waals surface area contributed by atoms with Crippen molar-refractivity contribution in [2.45, 2.75) is 12.5 Å².